The summed E-state index contributed by atoms with van der Waals surface area (Å²) >= 11 is 0. The van der Waals surface area contributed by atoms with Crippen LogP contribution in [0, 0.1) is 5.92 Å². The molecule has 2 saturated carbocycles. The summed E-state index contributed by atoms with van der Waals surface area (Å²) in [7, 11) is 3.99. The molecule has 0 amide bonds. The zero-order valence-corrected chi connectivity index (χ0v) is 16.2. The van der Waals surface area contributed by atoms with E-state index in [0.717, 1.165) is 29.9 Å². The molecule has 5 rings (SSSR count). The Morgan fingerprint density at radius 3 is 2.82 bits per heavy atom. The quantitative estimate of drug-likeness (QED) is 0.683. The molecule has 2 heterocycles. The van der Waals surface area contributed by atoms with Crippen LogP contribution in [0.1, 0.15) is 46.9 Å². The zero-order valence-electron chi connectivity index (χ0n) is 16.2. The van der Waals surface area contributed by atoms with Gasteiger partial charge in [-0.1, -0.05) is 0 Å². The molecule has 0 bridgehead atoms. The van der Waals surface area contributed by atoms with Gasteiger partial charge in [0.25, 0.3) is 0 Å². The fourth-order valence-corrected chi connectivity index (χ4v) is 4.28. The van der Waals surface area contributed by atoms with Crippen LogP contribution in [0.5, 0.6) is 0 Å². The summed E-state index contributed by atoms with van der Waals surface area (Å²) in [5.41, 5.74) is 3.38. The number of benzene rings is 1. The molecule has 28 heavy (non-hydrogen) atoms. The van der Waals surface area contributed by atoms with Gasteiger partial charge in [0.05, 0.1) is 29.3 Å². The number of carboxylic acids is 1. The third-order valence-electron chi connectivity index (χ3n) is 6.17. The average Bonchev–Trinajstić information content (AvgIpc) is 3.58. The van der Waals surface area contributed by atoms with Crippen LogP contribution in [-0.2, 0) is 20.6 Å². The van der Waals surface area contributed by atoms with Gasteiger partial charge in [0.15, 0.2) is 0 Å². The SMILES string of the molecule is Cn1cc([C@@H]2C[C@H]2CN(Cc2nc3cc(C(=O)O)ccc3n2C)C2CC2)cn1. The van der Waals surface area contributed by atoms with E-state index < -0.39 is 5.97 Å². The molecule has 3 aromatic rings. The summed E-state index contributed by atoms with van der Waals surface area (Å²) in [4.78, 5) is 18.6. The first-order chi connectivity index (χ1) is 13.5. The van der Waals surface area contributed by atoms with Gasteiger partial charge >= 0.3 is 5.97 Å². The van der Waals surface area contributed by atoms with Gasteiger partial charge in [-0.2, -0.15) is 5.10 Å². The fraction of sp³-hybridized carbons (Fsp3) is 0.476. The van der Waals surface area contributed by atoms with E-state index in [0.29, 0.717) is 17.9 Å². The lowest BCUT2D eigenvalue weighted by Gasteiger charge is -2.21. The van der Waals surface area contributed by atoms with Crippen molar-refractivity contribution >= 4 is 17.0 Å². The van der Waals surface area contributed by atoms with Crippen LogP contribution >= 0.6 is 0 Å². The lowest BCUT2D eigenvalue weighted by molar-refractivity contribution is 0.0697. The minimum atomic E-state index is -0.913. The molecule has 2 aromatic heterocycles. The second-order valence-electron chi connectivity index (χ2n) is 8.31. The molecule has 146 valence electrons. The summed E-state index contributed by atoms with van der Waals surface area (Å²) in [6.45, 7) is 1.91. The van der Waals surface area contributed by atoms with Gasteiger partial charge in [0, 0.05) is 32.9 Å². The zero-order chi connectivity index (χ0) is 19.4. The van der Waals surface area contributed by atoms with Crippen molar-refractivity contribution in [1.82, 2.24) is 24.2 Å². The van der Waals surface area contributed by atoms with Crippen molar-refractivity contribution in [2.75, 3.05) is 6.54 Å². The van der Waals surface area contributed by atoms with E-state index >= 15 is 0 Å². The number of nitrogens with zero attached hydrogens (tertiary/aromatic N) is 5. The molecule has 1 N–H and O–H groups in total. The highest BCUT2D eigenvalue weighted by Gasteiger charge is 2.42. The van der Waals surface area contributed by atoms with Gasteiger partial charge < -0.3 is 9.67 Å². The van der Waals surface area contributed by atoms with Crippen LogP contribution in [0.25, 0.3) is 11.0 Å². The summed E-state index contributed by atoms with van der Waals surface area (Å²) in [6.07, 6.45) is 7.89. The Bertz CT molecular complexity index is 1050. The fourth-order valence-electron chi connectivity index (χ4n) is 4.28. The molecule has 0 unspecified atom stereocenters. The van der Waals surface area contributed by atoms with Gasteiger partial charge in [-0.05, 0) is 54.9 Å². The van der Waals surface area contributed by atoms with E-state index in [-0.39, 0.29) is 5.56 Å². The topological polar surface area (TPSA) is 76.2 Å². The van der Waals surface area contributed by atoms with Crippen LogP contribution in [-0.4, -0.2) is 47.9 Å². The van der Waals surface area contributed by atoms with Gasteiger partial charge in [-0.15, -0.1) is 0 Å². The molecule has 0 radical (unpaired) electrons. The van der Waals surface area contributed by atoms with Gasteiger partial charge in [-0.3, -0.25) is 9.58 Å². The van der Waals surface area contributed by atoms with E-state index in [4.69, 9.17) is 4.98 Å². The number of rotatable bonds is 7. The Kier molecular flexibility index (Phi) is 4.01. The number of carboxylic acid groups (broad SMARTS) is 1. The minimum absolute atomic E-state index is 0.286. The second kappa shape index (κ2) is 6.44. The Morgan fingerprint density at radius 2 is 2.14 bits per heavy atom. The predicted octanol–water partition coefficient (Wildman–Crippen LogP) is 2.77. The summed E-state index contributed by atoms with van der Waals surface area (Å²) < 4.78 is 3.98. The van der Waals surface area contributed by atoms with E-state index in [1.54, 1.807) is 12.1 Å². The van der Waals surface area contributed by atoms with Crippen molar-refractivity contribution in [3.63, 3.8) is 0 Å². The van der Waals surface area contributed by atoms with Crippen molar-refractivity contribution in [3.05, 3.63) is 47.5 Å². The van der Waals surface area contributed by atoms with Crippen LogP contribution in [0.4, 0.5) is 0 Å². The van der Waals surface area contributed by atoms with Crippen molar-refractivity contribution in [3.8, 4) is 0 Å². The molecule has 0 aliphatic heterocycles. The molecule has 7 nitrogen and oxygen atoms in total. The number of aromatic nitrogens is 4. The van der Waals surface area contributed by atoms with Gasteiger partial charge in [0.2, 0.25) is 0 Å². The monoisotopic (exact) mass is 379 g/mol. The molecule has 0 spiro atoms. The summed E-state index contributed by atoms with van der Waals surface area (Å²) in [5, 5.41) is 13.5. The van der Waals surface area contributed by atoms with Crippen molar-refractivity contribution in [2.24, 2.45) is 20.0 Å². The molecule has 0 saturated heterocycles. The van der Waals surface area contributed by atoms with Crippen molar-refractivity contribution < 1.29 is 9.90 Å². The number of aromatic carboxylic acids is 1. The number of hydrogen-bond donors (Lipinski definition) is 1. The Labute approximate surface area is 163 Å². The van der Waals surface area contributed by atoms with Crippen molar-refractivity contribution in [1.29, 1.82) is 0 Å². The second-order valence-corrected chi connectivity index (χ2v) is 8.31. The molecular formula is C21H25N5O2. The molecule has 7 heteroatoms. The standard InChI is InChI=1S/C21H25N5O2/c1-24-10-15(9-22-24)17-7-14(17)11-26(16-4-5-16)12-20-23-18-8-13(21(27)28)3-6-19(18)25(20)2/h3,6,8-10,14,16-17H,4-5,7,11-12H2,1-2H3,(H,27,28)/t14-,17+/m0/s1. The van der Waals surface area contributed by atoms with Crippen LogP contribution in [0.15, 0.2) is 30.6 Å². The number of imidazole rings is 1. The number of aryl methyl sites for hydroxylation is 2. The summed E-state index contributed by atoms with van der Waals surface area (Å²) in [5.74, 6) is 1.42. The maximum Gasteiger partial charge on any atom is 0.335 e. The van der Waals surface area contributed by atoms with Gasteiger partial charge in [-0.25, -0.2) is 9.78 Å². The normalized spacial score (nSPS) is 21.5. The highest BCUT2D eigenvalue weighted by Crippen LogP contribution is 2.48. The van der Waals surface area contributed by atoms with E-state index in [1.165, 1.54) is 24.8 Å². The largest absolute Gasteiger partial charge is 0.478 e. The number of hydrogen-bond acceptors (Lipinski definition) is 4. The minimum Gasteiger partial charge on any atom is -0.478 e. The van der Waals surface area contributed by atoms with Crippen molar-refractivity contribution in [2.45, 2.75) is 37.8 Å². The first kappa shape index (κ1) is 17.4. The molecule has 1 aromatic carbocycles. The molecule has 2 fully saturated rings. The van der Waals surface area contributed by atoms with Crippen LogP contribution in [0.3, 0.4) is 0 Å². The Hall–Kier alpha value is -2.67. The highest BCUT2D eigenvalue weighted by molar-refractivity contribution is 5.92. The van der Waals surface area contributed by atoms with Gasteiger partial charge in [0.1, 0.15) is 5.82 Å². The Morgan fingerprint density at radius 1 is 1.32 bits per heavy atom. The molecular weight excluding hydrogens is 354 g/mol. The lowest BCUT2D eigenvalue weighted by Crippen LogP contribution is -2.29. The predicted molar refractivity (Wildman–Crippen MR) is 105 cm³/mol. The number of carbonyl (C=O) groups is 1. The van der Waals surface area contributed by atoms with E-state index in [1.807, 2.05) is 31.0 Å². The Balaban J connectivity index is 1.33. The van der Waals surface area contributed by atoms with Crippen LogP contribution < -0.4 is 0 Å². The molecule has 2 atom stereocenters. The first-order valence-corrected chi connectivity index (χ1v) is 9.91. The van der Waals surface area contributed by atoms with Crippen LogP contribution in [0.2, 0.25) is 0 Å². The highest BCUT2D eigenvalue weighted by atomic mass is 16.4. The van der Waals surface area contributed by atoms with E-state index in [2.05, 4.69) is 20.8 Å². The number of fused-ring (bicyclic) bond motifs is 1. The lowest BCUT2D eigenvalue weighted by atomic mass is 10.2. The first-order valence-electron chi connectivity index (χ1n) is 9.91. The smallest absolute Gasteiger partial charge is 0.335 e. The molecule has 2 aliphatic carbocycles. The maximum absolute atomic E-state index is 11.2. The third-order valence-corrected chi connectivity index (χ3v) is 6.17. The summed E-state index contributed by atoms with van der Waals surface area (Å²) in [6, 6.07) is 5.83. The maximum atomic E-state index is 11.2. The molecule has 2 aliphatic rings. The average molecular weight is 379 g/mol. The van der Waals surface area contributed by atoms with E-state index in [9.17, 15) is 9.90 Å². The third kappa shape index (κ3) is 3.20.